The lowest BCUT2D eigenvalue weighted by Gasteiger charge is -2.36. The molecule has 2 fully saturated rings. The van der Waals surface area contributed by atoms with E-state index in [4.69, 9.17) is 4.74 Å². The zero-order chi connectivity index (χ0) is 22.1. The van der Waals surface area contributed by atoms with Gasteiger partial charge in [-0.3, -0.25) is 19.3 Å². The molecule has 1 saturated heterocycles. The predicted octanol–water partition coefficient (Wildman–Crippen LogP) is 2.67. The number of esters is 1. The van der Waals surface area contributed by atoms with Gasteiger partial charge in [0, 0.05) is 5.69 Å². The molecule has 0 aromatic heterocycles. The quantitative estimate of drug-likeness (QED) is 0.568. The third-order valence-electron chi connectivity index (χ3n) is 6.11. The van der Waals surface area contributed by atoms with Gasteiger partial charge in [0.05, 0.1) is 0 Å². The molecule has 0 radical (unpaired) electrons. The van der Waals surface area contributed by atoms with Crippen LogP contribution in [0.25, 0.3) is 0 Å². The first-order valence-corrected chi connectivity index (χ1v) is 10.4. The van der Waals surface area contributed by atoms with Crippen LogP contribution < -0.4 is 10.6 Å². The molecule has 1 aliphatic carbocycles. The molecule has 2 aliphatic rings. The Balaban J connectivity index is 1.58. The number of aryl methyl sites for hydroxylation is 2. The number of hydrogen-bond donors (Lipinski definition) is 2. The van der Waals surface area contributed by atoms with Crippen molar-refractivity contribution in [2.24, 2.45) is 5.92 Å². The number of imide groups is 1. The Bertz CT molecular complexity index is 884. The fraction of sp³-hybridized carbons (Fsp3) is 0.545. The SMILES string of the molecule is Cc1ccc(NC(=O)[C@H](C)OC(=O)CN2C(=O)N[C@@]3(CCCC[C@@H]3C)C2=O)c(C)c1. The summed E-state index contributed by atoms with van der Waals surface area (Å²) < 4.78 is 5.18. The number of nitrogens with zero attached hydrogens (tertiary/aromatic N) is 1. The van der Waals surface area contributed by atoms with Crippen molar-refractivity contribution in [1.29, 1.82) is 0 Å². The van der Waals surface area contributed by atoms with Crippen molar-refractivity contribution in [2.75, 3.05) is 11.9 Å². The van der Waals surface area contributed by atoms with Crippen LogP contribution in [0.4, 0.5) is 10.5 Å². The van der Waals surface area contributed by atoms with Gasteiger partial charge in [-0.2, -0.15) is 0 Å². The normalized spacial score (nSPS) is 24.5. The summed E-state index contributed by atoms with van der Waals surface area (Å²) in [6.07, 6.45) is 2.21. The highest BCUT2D eigenvalue weighted by atomic mass is 16.5. The number of ether oxygens (including phenoxy) is 1. The van der Waals surface area contributed by atoms with Crippen molar-refractivity contribution in [1.82, 2.24) is 10.2 Å². The van der Waals surface area contributed by atoms with Crippen molar-refractivity contribution >= 4 is 29.5 Å². The maximum Gasteiger partial charge on any atom is 0.327 e. The highest BCUT2D eigenvalue weighted by molar-refractivity contribution is 6.09. The molecule has 1 aromatic rings. The maximum atomic E-state index is 12.9. The lowest BCUT2D eigenvalue weighted by atomic mass is 9.73. The lowest BCUT2D eigenvalue weighted by molar-refractivity contribution is -0.155. The van der Waals surface area contributed by atoms with Crippen molar-refractivity contribution in [3.05, 3.63) is 29.3 Å². The van der Waals surface area contributed by atoms with Crippen LogP contribution in [0.5, 0.6) is 0 Å². The van der Waals surface area contributed by atoms with Crippen molar-refractivity contribution in [3.63, 3.8) is 0 Å². The average molecular weight is 415 g/mol. The van der Waals surface area contributed by atoms with E-state index in [2.05, 4.69) is 10.6 Å². The number of rotatable bonds is 5. The van der Waals surface area contributed by atoms with Gasteiger partial charge in [0.2, 0.25) is 0 Å². The van der Waals surface area contributed by atoms with E-state index in [9.17, 15) is 19.2 Å². The highest BCUT2D eigenvalue weighted by Gasteiger charge is 2.55. The van der Waals surface area contributed by atoms with Gasteiger partial charge in [-0.05, 0) is 51.2 Å². The van der Waals surface area contributed by atoms with E-state index in [-0.39, 0.29) is 11.8 Å². The van der Waals surface area contributed by atoms with Crippen molar-refractivity contribution in [3.8, 4) is 0 Å². The maximum absolute atomic E-state index is 12.9. The number of nitrogens with one attached hydrogen (secondary N) is 2. The van der Waals surface area contributed by atoms with E-state index < -0.39 is 36.1 Å². The van der Waals surface area contributed by atoms with E-state index >= 15 is 0 Å². The molecule has 1 aromatic carbocycles. The Morgan fingerprint density at radius 3 is 2.70 bits per heavy atom. The molecule has 0 bridgehead atoms. The molecule has 1 heterocycles. The van der Waals surface area contributed by atoms with E-state index in [1.165, 1.54) is 6.92 Å². The lowest BCUT2D eigenvalue weighted by Crippen LogP contribution is -2.54. The van der Waals surface area contributed by atoms with Gasteiger partial charge >= 0.3 is 12.0 Å². The molecular weight excluding hydrogens is 386 g/mol. The average Bonchev–Trinajstić information content (AvgIpc) is 2.91. The van der Waals surface area contributed by atoms with Crippen molar-refractivity contribution in [2.45, 2.75) is 65.0 Å². The van der Waals surface area contributed by atoms with E-state index in [0.29, 0.717) is 12.1 Å². The topological polar surface area (TPSA) is 105 Å². The summed E-state index contributed by atoms with van der Waals surface area (Å²) in [4.78, 5) is 50.9. The van der Waals surface area contributed by atoms with Gasteiger partial charge in [0.25, 0.3) is 11.8 Å². The summed E-state index contributed by atoms with van der Waals surface area (Å²) in [5.74, 6) is -1.66. The van der Waals surface area contributed by atoms with E-state index in [1.807, 2.05) is 32.9 Å². The van der Waals surface area contributed by atoms with Crippen LogP contribution in [0.3, 0.4) is 0 Å². The molecular formula is C22H29N3O5. The van der Waals surface area contributed by atoms with Crippen LogP contribution in [-0.2, 0) is 19.1 Å². The van der Waals surface area contributed by atoms with Gasteiger partial charge in [0.1, 0.15) is 12.1 Å². The fourth-order valence-electron chi connectivity index (χ4n) is 4.24. The minimum absolute atomic E-state index is 0.00571. The number of benzene rings is 1. The molecule has 1 aliphatic heterocycles. The van der Waals surface area contributed by atoms with Gasteiger partial charge in [-0.25, -0.2) is 4.79 Å². The number of carbonyl (C=O) groups is 4. The first-order valence-electron chi connectivity index (χ1n) is 10.4. The largest absolute Gasteiger partial charge is 0.451 e. The molecule has 30 heavy (non-hydrogen) atoms. The number of amides is 4. The van der Waals surface area contributed by atoms with Crippen LogP contribution in [0.2, 0.25) is 0 Å². The number of anilines is 1. The molecule has 3 rings (SSSR count). The number of carbonyl (C=O) groups excluding carboxylic acids is 4. The first-order chi connectivity index (χ1) is 14.1. The van der Waals surface area contributed by atoms with Crippen LogP contribution in [-0.4, -0.2) is 46.9 Å². The summed E-state index contributed by atoms with van der Waals surface area (Å²) in [5, 5.41) is 5.52. The van der Waals surface area contributed by atoms with Crippen molar-refractivity contribution < 1.29 is 23.9 Å². The molecule has 8 heteroatoms. The summed E-state index contributed by atoms with van der Waals surface area (Å²) in [6.45, 7) is 6.71. The Morgan fingerprint density at radius 1 is 1.30 bits per heavy atom. The summed E-state index contributed by atoms with van der Waals surface area (Å²) in [7, 11) is 0. The van der Waals surface area contributed by atoms with Gasteiger partial charge in [-0.1, -0.05) is 37.5 Å². The standard InChI is InChI=1S/C22H29N3O5/c1-13-8-9-17(14(2)11-13)23-19(27)16(4)30-18(26)12-25-20(28)22(24-21(25)29)10-6-5-7-15(22)3/h8-9,11,15-16H,5-7,10,12H2,1-4H3,(H,23,27)(H,24,29)/t15-,16-,22+/m0/s1. The van der Waals surface area contributed by atoms with Gasteiger partial charge in [-0.15, -0.1) is 0 Å². The van der Waals surface area contributed by atoms with Crippen LogP contribution in [0, 0.1) is 19.8 Å². The Labute approximate surface area is 176 Å². The van der Waals surface area contributed by atoms with E-state index in [1.54, 1.807) is 6.07 Å². The zero-order valence-corrected chi connectivity index (χ0v) is 17.9. The summed E-state index contributed by atoms with van der Waals surface area (Å²) in [5.41, 5.74) is 1.68. The molecule has 1 spiro atoms. The highest BCUT2D eigenvalue weighted by Crippen LogP contribution is 2.38. The Morgan fingerprint density at radius 2 is 2.03 bits per heavy atom. The van der Waals surface area contributed by atoms with Crippen LogP contribution >= 0.6 is 0 Å². The fourth-order valence-corrected chi connectivity index (χ4v) is 4.24. The first kappa shape index (κ1) is 21.8. The van der Waals surface area contributed by atoms with Crippen LogP contribution in [0.15, 0.2) is 18.2 Å². The second-order valence-corrected chi connectivity index (χ2v) is 8.38. The summed E-state index contributed by atoms with van der Waals surface area (Å²) >= 11 is 0. The van der Waals surface area contributed by atoms with Gasteiger partial charge in [0.15, 0.2) is 6.10 Å². The predicted molar refractivity (Wildman–Crippen MR) is 111 cm³/mol. The molecule has 162 valence electrons. The number of urea groups is 1. The summed E-state index contributed by atoms with van der Waals surface area (Å²) in [6, 6.07) is 5.01. The third-order valence-corrected chi connectivity index (χ3v) is 6.11. The molecule has 8 nitrogen and oxygen atoms in total. The van der Waals surface area contributed by atoms with Gasteiger partial charge < -0.3 is 15.4 Å². The minimum Gasteiger partial charge on any atom is -0.451 e. The molecule has 3 atom stereocenters. The molecule has 0 unspecified atom stereocenters. The molecule has 1 saturated carbocycles. The molecule has 4 amide bonds. The number of hydrogen-bond acceptors (Lipinski definition) is 5. The minimum atomic E-state index is -1.07. The van der Waals surface area contributed by atoms with Crippen LogP contribution in [0.1, 0.15) is 50.7 Å². The van der Waals surface area contributed by atoms with E-state index in [0.717, 1.165) is 35.3 Å². The third kappa shape index (κ3) is 4.17. The zero-order valence-electron chi connectivity index (χ0n) is 17.9. The molecule has 2 N–H and O–H groups in total. The second-order valence-electron chi connectivity index (χ2n) is 8.38. The second kappa shape index (κ2) is 8.45. The Hall–Kier alpha value is -2.90. The monoisotopic (exact) mass is 415 g/mol. The smallest absolute Gasteiger partial charge is 0.327 e. The Kier molecular flexibility index (Phi) is 6.14.